The molecule has 1 saturated heterocycles. The SMILES string of the molecule is COc1cccc(C(O)(C(=O)N2CCC(CCC[C@@H](C)Oc3ccc(C(=O)N(C)C)c(Cl)c3)CC2)C(F)(F)F)c1. The van der Waals surface area contributed by atoms with Gasteiger partial charge in [0.15, 0.2) is 0 Å². The normalized spacial score (nSPS) is 16.7. The van der Waals surface area contributed by atoms with Gasteiger partial charge in [0.25, 0.3) is 17.4 Å². The van der Waals surface area contributed by atoms with Crippen LogP contribution in [0.5, 0.6) is 11.5 Å². The van der Waals surface area contributed by atoms with Gasteiger partial charge in [0.1, 0.15) is 11.5 Å². The van der Waals surface area contributed by atoms with E-state index in [9.17, 15) is 27.9 Å². The van der Waals surface area contributed by atoms with E-state index in [1.807, 2.05) is 6.92 Å². The Morgan fingerprint density at radius 3 is 2.38 bits per heavy atom. The monoisotopic (exact) mass is 584 g/mol. The number of hydrogen-bond donors (Lipinski definition) is 1. The zero-order valence-corrected chi connectivity index (χ0v) is 23.9. The summed E-state index contributed by atoms with van der Waals surface area (Å²) >= 11 is 6.25. The van der Waals surface area contributed by atoms with Crippen molar-refractivity contribution < 1.29 is 37.3 Å². The lowest BCUT2D eigenvalue weighted by Gasteiger charge is -2.38. The molecule has 40 heavy (non-hydrogen) atoms. The fourth-order valence-electron chi connectivity index (χ4n) is 4.88. The maximum Gasteiger partial charge on any atom is 0.430 e. The predicted molar refractivity (Wildman–Crippen MR) is 146 cm³/mol. The maximum atomic E-state index is 14.0. The van der Waals surface area contributed by atoms with Crippen molar-refractivity contribution in [3.05, 3.63) is 58.6 Å². The van der Waals surface area contributed by atoms with Crippen molar-refractivity contribution in [3.8, 4) is 11.5 Å². The van der Waals surface area contributed by atoms with Gasteiger partial charge in [-0.2, -0.15) is 13.2 Å². The van der Waals surface area contributed by atoms with Gasteiger partial charge in [0.2, 0.25) is 0 Å². The van der Waals surface area contributed by atoms with E-state index in [1.165, 1.54) is 24.1 Å². The van der Waals surface area contributed by atoms with Crippen LogP contribution in [0.1, 0.15) is 54.9 Å². The highest BCUT2D eigenvalue weighted by Crippen LogP contribution is 2.42. The summed E-state index contributed by atoms with van der Waals surface area (Å²) in [6.45, 7) is 2.20. The number of amides is 2. The number of methoxy groups -OCH3 is 1. The van der Waals surface area contributed by atoms with Crippen LogP contribution in [0.3, 0.4) is 0 Å². The molecule has 0 aromatic heterocycles. The molecule has 2 atom stereocenters. The number of carbonyl (C=O) groups excluding carboxylic acids is 2. The van der Waals surface area contributed by atoms with Crippen molar-refractivity contribution in [2.45, 2.75) is 56.9 Å². The number of aliphatic hydroxyl groups is 1. The molecular formula is C29H36ClF3N2O5. The van der Waals surface area contributed by atoms with E-state index in [2.05, 4.69) is 0 Å². The second-order valence-electron chi connectivity index (χ2n) is 10.4. The molecule has 2 aromatic carbocycles. The Bertz CT molecular complexity index is 1180. The summed E-state index contributed by atoms with van der Waals surface area (Å²) in [6, 6.07) is 9.83. The Morgan fingerprint density at radius 2 is 1.80 bits per heavy atom. The number of carbonyl (C=O) groups is 2. The number of alkyl halides is 3. The average Bonchev–Trinajstić information content (AvgIpc) is 2.91. The van der Waals surface area contributed by atoms with Crippen molar-refractivity contribution in [3.63, 3.8) is 0 Å². The Labute approximate surface area is 237 Å². The van der Waals surface area contributed by atoms with E-state index in [1.54, 1.807) is 32.3 Å². The third kappa shape index (κ3) is 7.20. The first-order valence-electron chi connectivity index (χ1n) is 13.2. The molecule has 0 aliphatic carbocycles. The molecule has 2 aromatic rings. The van der Waals surface area contributed by atoms with Gasteiger partial charge in [0, 0.05) is 32.7 Å². The van der Waals surface area contributed by atoms with Gasteiger partial charge < -0.3 is 24.4 Å². The quantitative estimate of drug-likeness (QED) is 0.389. The third-order valence-electron chi connectivity index (χ3n) is 7.25. The summed E-state index contributed by atoms with van der Waals surface area (Å²) in [4.78, 5) is 27.7. The number of likely N-dealkylation sites (tertiary alicyclic amines) is 1. The number of piperidine rings is 1. The van der Waals surface area contributed by atoms with E-state index in [0.717, 1.165) is 36.3 Å². The molecule has 220 valence electrons. The van der Waals surface area contributed by atoms with Crippen molar-refractivity contribution in [2.75, 3.05) is 34.3 Å². The Hall–Kier alpha value is -2.98. The van der Waals surface area contributed by atoms with E-state index in [4.69, 9.17) is 21.1 Å². The number of nitrogens with zero attached hydrogens (tertiary/aromatic N) is 2. The molecule has 0 radical (unpaired) electrons. The fraction of sp³-hybridized carbons (Fsp3) is 0.517. The summed E-state index contributed by atoms with van der Waals surface area (Å²) in [5.74, 6) is -0.638. The maximum absolute atomic E-state index is 14.0. The molecule has 1 unspecified atom stereocenters. The smallest absolute Gasteiger partial charge is 0.430 e. The van der Waals surface area contributed by atoms with Gasteiger partial charge in [-0.25, -0.2) is 0 Å². The first kappa shape index (κ1) is 31.5. The number of ether oxygens (including phenoxy) is 2. The Morgan fingerprint density at radius 1 is 1.12 bits per heavy atom. The van der Waals surface area contributed by atoms with Gasteiger partial charge in [-0.05, 0) is 68.9 Å². The average molecular weight is 585 g/mol. The Balaban J connectivity index is 1.51. The molecule has 7 nitrogen and oxygen atoms in total. The summed E-state index contributed by atoms with van der Waals surface area (Å²) in [5, 5.41) is 11.0. The molecule has 0 bridgehead atoms. The molecule has 0 spiro atoms. The van der Waals surface area contributed by atoms with Gasteiger partial charge in [-0.15, -0.1) is 0 Å². The first-order valence-corrected chi connectivity index (χ1v) is 13.6. The standard InChI is InChI=1S/C29H36ClF3N2O5/c1-19(40-23-11-12-24(25(30)18-23)26(36)34(2)3)7-5-8-20-13-15-35(16-14-20)27(37)28(38,29(31,32)33)21-9-6-10-22(17-21)39-4/h6,9-12,17-20,38H,5,7-8,13-16H2,1-4H3/t19-,28?/m1/s1. The minimum atomic E-state index is -5.20. The minimum absolute atomic E-state index is 0.113. The lowest BCUT2D eigenvalue weighted by atomic mass is 9.87. The van der Waals surface area contributed by atoms with Crippen LogP contribution in [-0.2, 0) is 10.4 Å². The van der Waals surface area contributed by atoms with Crippen LogP contribution in [0, 0.1) is 5.92 Å². The zero-order valence-electron chi connectivity index (χ0n) is 23.1. The molecule has 1 aliphatic rings. The van der Waals surface area contributed by atoms with Crippen LogP contribution in [0.15, 0.2) is 42.5 Å². The number of benzene rings is 2. The van der Waals surface area contributed by atoms with E-state index < -0.39 is 23.2 Å². The highest BCUT2D eigenvalue weighted by Gasteiger charge is 2.62. The van der Waals surface area contributed by atoms with E-state index >= 15 is 0 Å². The zero-order chi connectivity index (χ0) is 29.7. The van der Waals surface area contributed by atoms with Crippen molar-refractivity contribution >= 4 is 23.4 Å². The summed E-state index contributed by atoms with van der Waals surface area (Å²) in [5.41, 5.74) is -3.82. The molecule has 1 N–H and O–H groups in total. The highest BCUT2D eigenvalue weighted by molar-refractivity contribution is 6.34. The van der Waals surface area contributed by atoms with Gasteiger partial charge in [-0.1, -0.05) is 30.2 Å². The molecule has 11 heteroatoms. The van der Waals surface area contributed by atoms with Crippen LogP contribution in [0.4, 0.5) is 13.2 Å². The van der Waals surface area contributed by atoms with E-state index in [-0.39, 0.29) is 36.8 Å². The lowest BCUT2D eigenvalue weighted by Crippen LogP contribution is -2.57. The van der Waals surface area contributed by atoms with E-state index in [0.29, 0.717) is 29.2 Å². The summed E-state index contributed by atoms with van der Waals surface area (Å²) < 4.78 is 53.1. The first-order chi connectivity index (χ1) is 18.8. The molecule has 1 heterocycles. The van der Waals surface area contributed by atoms with Crippen LogP contribution < -0.4 is 9.47 Å². The summed E-state index contributed by atoms with van der Waals surface area (Å²) in [7, 11) is 4.60. The van der Waals surface area contributed by atoms with Gasteiger partial charge in [-0.3, -0.25) is 9.59 Å². The van der Waals surface area contributed by atoms with Crippen LogP contribution >= 0.6 is 11.6 Å². The molecule has 3 rings (SSSR count). The number of halogens is 4. The number of hydrogen-bond acceptors (Lipinski definition) is 5. The van der Waals surface area contributed by atoms with Crippen LogP contribution in [0.25, 0.3) is 0 Å². The van der Waals surface area contributed by atoms with Crippen LogP contribution in [-0.4, -0.2) is 73.3 Å². The fourth-order valence-corrected chi connectivity index (χ4v) is 5.13. The van der Waals surface area contributed by atoms with Crippen molar-refractivity contribution in [1.82, 2.24) is 9.80 Å². The molecule has 1 fully saturated rings. The number of rotatable bonds is 10. The lowest BCUT2D eigenvalue weighted by molar-refractivity contribution is -0.262. The summed E-state index contributed by atoms with van der Waals surface area (Å²) in [6.07, 6.45) is -1.80. The molecule has 0 saturated carbocycles. The third-order valence-corrected chi connectivity index (χ3v) is 7.56. The van der Waals surface area contributed by atoms with Gasteiger partial charge in [0.05, 0.1) is 23.8 Å². The largest absolute Gasteiger partial charge is 0.497 e. The second-order valence-corrected chi connectivity index (χ2v) is 10.8. The van der Waals surface area contributed by atoms with Crippen LogP contribution in [0.2, 0.25) is 5.02 Å². The van der Waals surface area contributed by atoms with Crippen molar-refractivity contribution in [2.24, 2.45) is 5.92 Å². The predicted octanol–water partition coefficient (Wildman–Crippen LogP) is 5.68. The van der Waals surface area contributed by atoms with Gasteiger partial charge >= 0.3 is 6.18 Å². The van der Waals surface area contributed by atoms with Crippen molar-refractivity contribution in [1.29, 1.82) is 0 Å². The second kappa shape index (κ2) is 13.1. The molecular weight excluding hydrogens is 549 g/mol. The molecule has 2 amide bonds. The highest BCUT2D eigenvalue weighted by atomic mass is 35.5. The Kier molecular flexibility index (Phi) is 10.3. The minimum Gasteiger partial charge on any atom is -0.497 e. The topological polar surface area (TPSA) is 79.3 Å². The molecule has 1 aliphatic heterocycles.